The van der Waals surface area contributed by atoms with Crippen LogP contribution in [0.1, 0.15) is 70.7 Å². The number of urea groups is 1. The molecule has 1 aliphatic heterocycles. The number of likely N-dealkylation sites (tertiary alicyclic amines) is 1. The van der Waals surface area contributed by atoms with Gasteiger partial charge in [-0.3, -0.25) is 10.1 Å². The van der Waals surface area contributed by atoms with E-state index in [1.165, 1.54) is 4.88 Å². The zero-order valence-corrected chi connectivity index (χ0v) is 22.3. The van der Waals surface area contributed by atoms with Crippen LogP contribution in [0, 0.1) is 11.3 Å². The molecule has 196 valence electrons. The molecular weight excluding hydrogens is 496 g/mol. The van der Waals surface area contributed by atoms with Crippen molar-refractivity contribution in [3.05, 3.63) is 75.8 Å². The molecule has 1 fully saturated rings. The number of amides is 3. The van der Waals surface area contributed by atoms with Crippen molar-refractivity contribution in [2.24, 2.45) is 0 Å². The first-order valence-corrected chi connectivity index (χ1v) is 14.1. The fraction of sp³-hybridized carbons (Fsp3) is 0.379. The largest absolute Gasteiger partial charge is 0.322 e. The lowest BCUT2D eigenvalue weighted by Gasteiger charge is -2.25. The Hall–Kier alpha value is -3.74. The second-order valence-corrected chi connectivity index (χ2v) is 10.9. The first-order valence-electron chi connectivity index (χ1n) is 13.2. The number of carbonyl (C=O) groups excluding carboxylic acids is 2. The SMILES string of the molecule is CCCN[C@H]1CCc2nc(NC(=O)c3cccc([C@H]4CCCN4C(=O)Nc4cccc(C#N)c4)c3)sc2C1. The number of aryl methyl sites for hydroxylation is 1. The highest BCUT2D eigenvalue weighted by molar-refractivity contribution is 7.15. The van der Waals surface area contributed by atoms with E-state index in [9.17, 15) is 9.59 Å². The number of hydrogen-bond donors (Lipinski definition) is 3. The zero-order chi connectivity index (χ0) is 26.5. The third-order valence-corrected chi connectivity index (χ3v) is 8.17. The van der Waals surface area contributed by atoms with Crippen LogP contribution in [-0.4, -0.2) is 41.0 Å². The molecule has 0 unspecified atom stereocenters. The molecule has 1 saturated heterocycles. The Balaban J connectivity index is 1.25. The molecule has 3 N–H and O–H groups in total. The summed E-state index contributed by atoms with van der Waals surface area (Å²) in [7, 11) is 0. The van der Waals surface area contributed by atoms with E-state index < -0.39 is 0 Å². The average molecular weight is 529 g/mol. The van der Waals surface area contributed by atoms with Gasteiger partial charge in [-0.2, -0.15) is 5.26 Å². The number of thiazole rings is 1. The van der Waals surface area contributed by atoms with E-state index >= 15 is 0 Å². The van der Waals surface area contributed by atoms with Gasteiger partial charge in [0.15, 0.2) is 5.13 Å². The van der Waals surface area contributed by atoms with E-state index in [-0.39, 0.29) is 18.0 Å². The maximum atomic E-state index is 13.1. The Morgan fingerprint density at radius 3 is 2.87 bits per heavy atom. The van der Waals surface area contributed by atoms with Gasteiger partial charge in [0, 0.05) is 28.7 Å². The Labute approximate surface area is 227 Å². The van der Waals surface area contributed by atoms with Crippen molar-refractivity contribution in [2.45, 2.75) is 57.5 Å². The fourth-order valence-corrected chi connectivity index (χ4v) is 6.31. The standard InChI is InChI=1S/C29H32N6O2S/c1-2-13-31-22-11-12-24-26(17-22)38-28(33-24)34-27(36)21-8-4-7-20(16-21)25-10-5-14-35(25)29(37)32-23-9-3-6-19(15-23)18-30/h3-4,6-9,15-16,22,25,31H,2,5,10-14,17H2,1H3,(H,32,37)(H,33,34,36)/t22-,25+/m0/s1. The number of rotatable bonds is 7. The van der Waals surface area contributed by atoms with Gasteiger partial charge in [0.25, 0.3) is 5.91 Å². The number of anilines is 2. The summed E-state index contributed by atoms with van der Waals surface area (Å²) in [5, 5.41) is 19.3. The normalized spacial score (nSPS) is 18.5. The predicted octanol–water partition coefficient (Wildman–Crippen LogP) is 5.49. The molecule has 0 bridgehead atoms. The van der Waals surface area contributed by atoms with Crippen molar-refractivity contribution in [3.8, 4) is 6.07 Å². The van der Waals surface area contributed by atoms with Gasteiger partial charge in [-0.1, -0.05) is 25.1 Å². The van der Waals surface area contributed by atoms with Gasteiger partial charge >= 0.3 is 6.03 Å². The molecule has 2 aromatic carbocycles. The van der Waals surface area contributed by atoms with Crippen molar-refractivity contribution >= 4 is 34.1 Å². The van der Waals surface area contributed by atoms with Crippen molar-refractivity contribution in [1.29, 1.82) is 5.26 Å². The molecule has 38 heavy (non-hydrogen) atoms. The smallest absolute Gasteiger partial charge is 0.317 e. The first kappa shape index (κ1) is 25.9. The molecular formula is C29H32N6O2S. The second kappa shape index (κ2) is 11.8. The summed E-state index contributed by atoms with van der Waals surface area (Å²) in [6, 6.07) is 16.6. The highest BCUT2D eigenvalue weighted by Gasteiger charge is 2.30. The summed E-state index contributed by atoms with van der Waals surface area (Å²) >= 11 is 1.57. The summed E-state index contributed by atoms with van der Waals surface area (Å²) in [6.07, 6.45) is 5.78. The minimum atomic E-state index is -0.211. The van der Waals surface area contributed by atoms with Crippen LogP contribution in [0.5, 0.6) is 0 Å². The molecule has 2 aliphatic rings. The van der Waals surface area contributed by atoms with Crippen LogP contribution < -0.4 is 16.0 Å². The predicted molar refractivity (Wildman–Crippen MR) is 149 cm³/mol. The monoisotopic (exact) mass is 528 g/mol. The minimum Gasteiger partial charge on any atom is -0.317 e. The van der Waals surface area contributed by atoms with Crippen LogP contribution in [0.25, 0.3) is 0 Å². The number of fused-ring (bicyclic) bond motifs is 1. The Kier molecular flexibility index (Phi) is 8.01. The van der Waals surface area contributed by atoms with E-state index in [4.69, 9.17) is 10.2 Å². The highest BCUT2D eigenvalue weighted by atomic mass is 32.1. The number of carbonyl (C=O) groups is 2. The van der Waals surface area contributed by atoms with Gasteiger partial charge in [-0.25, -0.2) is 9.78 Å². The van der Waals surface area contributed by atoms with E-state index in [2.05, 4.69) is 28.9 Å². The highest BCUT2D eigenvalue weighted by Crippen LogP contribution is 2.34. The lowest BCUT2D eigenvalue weighted by Crippen LogP contribution is -2.34. The molecule has 3 aromatic rings. The zero-order valence-electron chi connectivity index (χ0n) is 21.5. The van der Waals surface area contributed by atoms with Crippen molar-refractivity contribution in [2.75, 3.05) is 23.7 Å². The van der Waals surface area contributed by atoms with Gasteiger partial charge in [-0.05, 0) is 81.0 Å². The Morgan fingerprint density at radius 1 is 1.16 bits per heavy atom. The second-order valence-electron chi connectivity index (χ2n) is 9.84. The molecule has 9 heteroatoms. The van der Waals surface area contributed by atoms with Crippen LogP contribution in [-0.2, 0) is 12.8 Å². The third-order valence-electron chi connectivity index (χ3n) is 7.13. The number of hydrogen-bond acceptors (Lipinski definition) is 6. The molecule has 0 saturated carbocycles. The number of benzene rings is 2. The topological polar surface area (TPSA) is 110 Å². The summed E-state index contributed by atoms with van der Waals surface area (Å²) in [4.78, 5) is 34.0. The first-order chi connectivity index (χ1) is 18.5. The molecule has 0 spiro atoms. The molecule has 3 amide bonds. The van der Waals surface area contributed by atoms with Gasteiger partial charge in [0.2, 0.25) is 0 Å². The van der Waals surface area contributed by atoms with Gasteiger partial charge in [-0.15, -0.1) is 11.3 Å². The van der Waals surface area contributed by atoms with Crippen molar-refractivity contribution < 1.29 is 9.59 Å². The Morgan fingerprint density at radius 2 is 2.03 bits per heavy atom. The van der Waals surface area contributed by atoms with Crippen molar-refractivity contribution in [3.63, 3.8) is 0 Å². The lowest BCUT2D eigenvalue weighted by atomic mass is 9.98. The number of nitriles is 1. The average Bonchev–Trinajstić information content (AvgIpc) is 3.59. The van der Waals surface area contributed by atoms with Crippen LogP contribution in [0.3, 0.4) is 0 Å². The van der Waals surface area contributed by atoms with Crippen LogP contribution >= 0.6 is 11.3 Å². The van der Waals surface area contributed by atoms with Crippen LogP contribution in [0.15, 0.2) is 48.5 Å². The third kappa shape index (κ3) is 5.87. The Bertz CT molecular complexity index is 1360. The van der Waals surface area contributed by atoms with E-state index in [1.54, 1.807) is 46.6 Å². The van der Waals surface area contributed by atoms with Gasteiger partial charge in [0.05, 0.1) is 23.4 Å². The van der Waals surface area contributed by atoms with Crippen molar-refractivity contribution in [1.82, 2.24) is 15.2 Å². The summed E-state index contributed by atoms with van der Waals surface area (Å²) in [5.41, 5.74) is 3.66. The fourth-order valence-electron chi connectivity index (χ4n) is 5.23. The van der Waals surface area contributed by atoms with Gasteiger partial charge in [0.1, 0.15) is 0 Å². The van der Waals surface area contributed by atoms with E-state index in [0.29, 0.717) is 34.5 Å². The molecule has 2 heterocycles. The maximum Gasteiger partial charge on any atom is 0.322 e. The maximum absolute atomic E-state index is 13.1. The summed E-state index contributed by atoms with van der Waals surface area (Å²) in [6.45, 7) is 3.82. The van der Waals surface area contributed by atoms with E-state index in [0.717, 1.165) is 56.3 Å². The molecule has 5 rings (SSSR count). The number of nitrogens with zero attached hydrogens (tertiary/aromatic N) is 3. The van der Waals surface area contributed by atoms with Crippen LogP contribution in [0.2, 0.25) is 0 Å². The molecule has 2 atom stereocenters. The number of aromatic nitrogens is 1. The molecule has 8 nitrogen and oxygen atoms in total. The minimum absolute atomic E-state index is 0.123. The number of nitrogens with one attached hydrogen (secondary N) is 3. The van der Waals surface area contributed by atoms with Crippen LogP contribution in [0.4, 0.5) is 15.6 Å². The quantitative estimate of drug-likeness (QED) is 0.375. The molecule has 0 radical (unpaired) electrons. The summed E-state index contributed by atoms with van der Waals surface area (Å²) in [5.74, 6) is -0.194. The van der Waals surface area contributed by atoms with Gasteiger partial charge < -0.3 is 15.5 Å². The lowest BCUT2D eigenvalue weighted by molar-refractivity contribution is 0.102. The summed E-state index contributed by atoms with van der Waals surface area (Å²) < 4.78 is 0. The van der Waals surface area contributed by atoms with E-state index in [1.807, 2.05) is 18.2 Å². The molecule has 1 aromatic heterocycles. The molecule has 1 aliphatic carbocycles.